The minimum absolute atomic E-state index is 0.0859. The van der Waals surface area contributed by atoms with Crippen LogP contribution in [-0.4, -0.2) is 57.6 Å². The van der Waals surface area contributed by atoms with Crippen molar-refractivity contribution in [1.29, 1.82) is 0 Å². The van der Waals surface area contributed by atoms with Crippen molar-refractivity contribution < 1.29 is 38.9 Å². The van der Waals surface area contributed by atoms with Crippen LogP contribution in [0, 0.1) is 40.4 Å². The van der Waals surface area contributed by atoms with E-state index in [0.29, 0.717) is 12.9 Å². The number of esters is 1. The van der Waals surface area contributed by atoms with Crippen LogP contribution in [-0.2, 0) is 28.7 Å². The maximum absolute atomic E-state index is 13.9. The quantitative estimate of drug-likeness (QED) is 0.376. The lowest BCUT2D eigenvalue weighted by Crippen LogP contribution is -2.72. The maximum atomic E-state index is 13.9. The molecule has 8 heteroatoms. The number of hydrogen-bond acceptors (Lipinski definition) is 8. The molecule has 0 aromatic rings. The first-order valence-electron chi connectivity index (χ1n) is 11.5. The molecule has 0 radical (unpaired) electrons. The molecule has 4 saturated carbocycles. The van der Waals surface area contributed by atoms with Crippen LogP contribution in [0.5, 0.6) is 0 Å². The summed E-state index contributed by atoms with van der Waals surface area (Å²) in [5.74, 6) is -4.79. The van der Waals surface area contributed by atoms with Gasteiger partial charge in [-0.2, -0.15) is 0 Å². The molecule has 0 amide bonds. The summed E-state index contributed by atoms with van der Waals surface area (Å²) in [6, 6.07) is 0. The molecule has 0 aromatic carbocycles. The van der Waals surface area contributed by atoms with Crippen molar-refractivity contribution in [2.24, 2.45) is 40.4 Å². The predicted molar refractivity (Wildman–Crippen MR) is 111 cm³/mol. The van der Waals surface area contributed by atoms with Gasteiger partial charge in [0.05, 0.1) is 17.1 Å². The van der Waals surface area contributed by atoms with Crippen LogP contribution in [0.4, 0.5) is 0 Å². The van der Waals surface area contributed by atoms with Gasteiger partial charge >= 0.3 is 5.97 Å². The van der Waals surface area contributed by atoms with Gasteiger partial charge in [0.15, 0.2) is 0 Å². The van der Waals surface area contributed by atoms with Gasteiger partial charge in [-0.15, -0.1) is 0 Å². The Labute approximate surface area is 188 Å². The highest BCUT2D eigenvalue weighted by Gasteiger charge is 2.79. The third-order valence-electron chi connectivity index (χ3n) is 9.80. The first-order valence-corrected chi connectivity index (χ1v) is 11.5. The highest BCUT2D eigenvalue weighted by molar-refractivity contribution is 6.40. The van der Waals surface area contributed by atoms with Crippen molar-refractivity contribution >= 4 is 24.0 Å². The van der Waals surface area contributed by atoms with E-state index in [0.717, 1.165) is 0 Å². The number of Topliss-reactive ketones (excluding diaryl/α,β-unsaturated/α-hetero) is 2. The van der Waals surface area contributed by atoms with Gasteiger partial charge in [-0.25, -0.2) is 0 Å². The molecule has 0 heterocycles. The number of carbonyl (C=O) groups is 4. The second-order valence-electron chi connectivity index (χ2n) is 11.4. The number of ketones is 2. The third-order valence-corrected chi connectivity index (χ3v) is 9.80. The average Bonchev–Trinajstić information content (AvgIpc) is 3.36. The van der Waals surface area contributed by atoms with Crippen molar-refractivity contribution in [3.63, 3.8) is 0 Å². The van der Waals surface area contributed by atoms with E-state index in [1.807, 2.05) is 0 Å². The molecule has 32 heavy (non-hydrogen) atoms. The van der Waals surface area contributed by atoms with Gasteiger partial charge in [-0.3, -0.25) is 19.2 Å². The predicted octanol–water partition coefficient (Wildman–Crippen LogP) is 1.44. The molecule has 4 fully saturated rings. The van der Waals surface area contributed by atoms with Gasteiger partial charge in [0, 0.05) is 42.4 Å². The summed E-state index contributed by atoms with van der Waals surface area (Å²) < 4.78 is 11.1. The molecule has 8 nitrogen and oxygen atoms in total. The molecular formula is C24H34O8. The average molecular weight is 451 g/mol. The number of ether oxygens (including phenoxy) is 2. The number of rotatable bonds is 3. The van der Waals surface area contributed by atoms with Crippen molar-refractivity contribution in [3.8, 4) is 0 Å². The molecule has 178 valence electrons. The van der Waals surface area contributed by atoms with Gasteiger partial charge in [0.2, 0.25) is 11.6 Å². The molecule has 0 spiro atoms. The van der Waals surface area contributed by atoms with E-state index in [1.165, 1.54) is 6.92 Å². The van der Waals surface area contributed by atoms with Crippen molar-refractivity contribution in [2.75, 3.05) is 0 Å². The van der Waals surface area contributed by atoms with Gasteiger partial charge in [0.25, 0.3) is 6.47 Å². The SMILES string of the molecule is CC(=O)OC12CC1CC(O)C1(C)C(=O)C(=O)C3C(C)C(OC=O)CC(O)(C(C)C21)C3(C)C. The second kappa shape index (κ2) is 6.86. The van der Waals surface area contributed by atoms with Crippen molar-refractivity contribution in [2.45, 2.75) is 84.2 Å². The molecule has 0 aliphatic heterocycles. The van der Waals surface area contributed by atoms with Crippen molar-refractivity contribution in [1.82, 2.24) is 0 Å². The lowest BCUT2D eigenvalue weighted by atomic mass is 9.43. The van der Waals surface area contributed by atoms with E-state index < -0.39 is 75.4 Å². The lowest BCUT2D eigenvalue weighted by molar-refractivity contribution is -0.250. The van der Waals surface area contributed by atoms with Crippen LogP contribution < -0.4 is 0 Å². The summed E-state index contributed by atoms with van der Waals surface area (Å²) in [5, 5.41) is 23.4. The number of aliphatic hydroxyl groups is 2. The molecule has 10 atom stereocenters. The summed E-state index contributed by atoms with van der Waals surface area (Å²) in [6.07, 6.45) is -1.02. The van der Waals surface area contributed by atoms with E-state index >= 15 is 0 Å². The molecule has 10 unspecified atom stereocenters. The fraction of sp³-hybridized carbons (Fsp3) is 0.833. The molecule has 4 aliphatic carbocycles. The van der Waals surface area contributed by atoms with Gasteiger partial charge in [-0.1, -0.05) is 27.7 Å². The normalized spacial score (nSPS) is 51.4. The minimum Gasteiger partial charge on any atom is -0.464 e. The van der Waals surface area contributed by atoms with Crippen molar-refractivity contribution in [3.05, 3.63) is 0 Å². The van der Waals surface area contributed by atoms with E-state index in [-0.39, 0.29) is 18.8 Å². The van der Waals surface area contributed by atoms with Crippen LogP contribution >= 0.6 is 0 Å². The van der Waals surface area contributed by atoms with Crippen LogP contribution in [0.1, 0.15) is 60.8 Å². The van der Waals surface area contributed by atoms with Gasteiger partial charge in [0.1, 0.15) is 11.7 Å². The first-order chi connectivity index (χ1) is 14.7. The number of aliphatic hydroxyl groups excluding tert-OH is 1. The molecule has 0 saturated heterocycles. The fourth-order valence-corrected chi connectivity index (χ4v) is 8.07. The zero-order chi connectivity index (χ0) is 24.0. The smallest absolute Gasteiger partial charge is 0.303 e. The largest absolute Gasteiger partial charge is 0.464 e. The van der Waals surface area contributed by atoms with Crippen LogP contribution in [0.25, 0.3) is 0 Å². The van der Waals surface area contributed by atoms with E-state index in [9.17, 15) is 29.4 Å². The third kappa shape index (κ3) is 2.62. The summed E-state index contributed by atoms with van der Waals surface area (Å²) in [4.78, 5) is 50.9. The van der Waals surface area contributed by atoms with Crippen LogP contribution in [0.15, 0.2) is 0 Å². The van der Waals surface area contributed by atoms with E-state index in [1.54, 1.807) is 34.6 Å². The standard InChI is InChI=1S/C24H34O8/c1-11-15(31-10-25)9-24(30)12(2)19-22(6,20(29)18(28)17(11)21(24,4)5)16(27)7-14-8-23(14,19)32-13(3)26/h10-12,14-17,19,27,30H,7-9H2,1-6H3. The highest BCUT2D eigenvalue weighted by atomic mass is 16.6. The Bertz CT molecular complexity index is 881. The number of fused-ring (bicyclic) bond motifs is 5. The highest BCUT2D eigenvalue weighted by Crippen LogP contribution is 2.71. The zero-order valence-corrected chi connectivity index (χ0v) is 19.6. The minimum atomic E-state index is -1.52. The Morgan fingerprint density at radius 1 is 1.16 bits per heavy atom. The van der Waals surface area contributed by atoms with Gasteiger partial charge < -0.3 is 19.7 Å². The molecule has 4 aliphatic rings. The molecular weight excluding hydrogens is 416 g/mol. The summed E-state index contributed by atoms with van der Waals surface area (Å²) >= 11 is 0. The summed E-state index contributed by atoms with van der Waals surface area (Å²) in [7, 11) is 0. The lowest BCUT2D eigenvalue weighted by Gasteiger charge is -2.63. The topological polar surface area (TPSA) is 127 Å². The Morgan fingerprint density at radius 2 is 1.78 bits per heavy atom. The molecule has 2 bridgehead atoms. The number of hydrogen-bond donors (Lipinski definition) is 2. The maximum Gasteiger partial charge on any atom is 0.303 e. The Morgan fingerprint density at radius 3 is 2.34 bits per heavy atom. The van der Waals surface area contributed by atoms with E-state index in [4.69, 9.17) is 9.47 Å². The van der Waals surface area contributed by atoms with E-state index in [2.05, 4.69) is 0 Å². The summed E-state index contributed by atoms with van der Waals surface area (Å²) in [5.41, 5.74) is -5.05. The fourth-order valence-electron chi connectivity index (χ4n) is 8.07. The van der Waals surface area contributed by atoms with Gasteiger partial charge in [-0.05, 0) is 25.7 Å². The number of carbonyl (C=O) groups excluding carboxylic acids is 4. The molecule has 0 aromatic heterocycles. The Hall–Kier alpha value is -1.80. The molecule has 2 N–H and O–H groups in total. The van der Waals surface area contributed by atoms with Crippen LogP contribution in [0.3, 0.4) is 0 Å². The monoisotopic (exact) mass is 450 g/mol. The van der Waals surface area contributed by atoms with Crippen LogP contribution in [0.2, 0.25) is 0 Å². The Kier molecular flexibility index (Phi) is 5.00. The Balaban J connectivity index is 1.96. The second-order valence-corrected chi connectivity index (χ2v) is 11.4. The summed E-state index contributed by atoms with van der Waals surface area (Å²) in [6.45, 7) is 10.3. The zero-order valence-electron chi connectivity index (χ0n) is 19.6. The first kappa shape index (κ1) is 23.4. The molecule has 4 rings (SSSR count).